The van der Waals surface area contributed by atoms with E-state index in [1.54, 1.807) is 0 Å². The van der Waals surface area contributed by atoms with Gasteiger partial charge in [-0.15, -0.1) is 0 Å². The van der Waals surface area contributed by atoms with E-state index in [-0.39, 0.29) is 16.8 Å². The van der Waals surface area contributed by atoms with Crippen LogP contribution in [0, 0.1) is 0 Å². The second-order valence-corrected chi connectivity index (χ2v) is 9.31. The molecule has 0 aromatic heterocycles. The number of carbonyl (C=O) groups is 2. The Hall–Kier alpha value is -2.87. The number of carbonyl (C=O) groups excluding carboxylic acids is 2. The lowest BCUT2D eigenvalue weighted by atomic mass is 10.0. The van der Waals surface area contributed by atoms with Gasteiger partial charge in [0.25, 0.3) is 5.91 Å². The quantitative estimate of drug-likeness (QED) is 0.788. The number of hydrogen-bond donors (Lipinski definition) is 1. The van der Waals surface area contributed by atoms with Crippen molar-refractivity contribution in [3.05, 3.63) is 59.2 Å². The largest absolute Gasteiger partial charge is 0.340 e. The Morgan fingerprint density at radius 3 is 2.03 bits per heavy atom. The number of anilines is 1. The summed E-state index contributed by atoms with van der Waals surface area (Å²) in [6, 6.07) is 11.4. The van der Waals surface area contributed by atoms with Crippen LogP contribution in [0.3, 0.4) is 0 Å². The van der Waals surface area contributed by atoms with Crippen molar-refractivity contribution in [2.75, 3.05) is 24.7 Å². The topological polar surface area (TPSA) is 86.8 Å². The molecule has 0 atom stereocenters. The summed E-state index contributed by atoms with van der Waals surface area (Å²) in [6.07, 6.45) is 3.38. The van der Waals surface area contributed by atoms with Gasteiger partial charge in [0.05, 0.1) is 4.90 Å². The first-order valence-electron chi connectivity index (χ1n) is 10.1. The number of amides is 3. The van der Waals surface area contributed by atoms with Gasteiger partial charge >= 0.3 is 6.03 Å². The third kappa shape index (κ3) is 4.48. The third-order valence-electron chi connectivity index (χ3n) is 5.26. The van der Waals surface area contributed by atoms with Gasteiger partial charge in [0.1, 0.15) is 0 Å². The normalized spacial score (nSPS) is 14.1. The number of rotatable bonds is 5. The highest BCUT2D eigenvalue weighted by Crippen LogP contribution is 2.24. The van der Waals surface area contributed by atoms with Crippen LogP contribution in [0.1, 0.15) is 41.8 Å². The molecule has 1 fully saturated rings. The molecule has 0 radical (unpaired) electrons. The van der Waals surface area contributed by atoms with Crippen LogP contribution in [0.25, 0.3) is 0 Å². The molecule has 3 amide bonds. The molecule has 8 heteroatoms. The molecule has 0 spiro atoms. The van der Waals surface area contributed by atoms with Gasteiger partial charge in [-0.05, 0) is 54.7 Å². The number of hydrazine groups is 1. The van der Waals surface area contributed by atoms with Crippen LogP contribution in [0.4, 0.5) is 10.5 Å². The minimum atomic E-state index is -3.34. The van der Waals surface area contributed by atoms with E-state index >= 15 is 0 Å². The predicted molar refractivity (Wildman–Crippen MR) is 116 cm³/mol. The van der Waals surface area contributed by atoms with Gasteiger partial charge < -0.3 is 5.32 Å². The molecule has 30 heavy (non-hydrogen) atoms. The van der Waals surface area contributed by atoms with Crippen molar-refractivity contribution in [2.24, 2.45) is 0 Å². The summed E-state index contributed by atoms with van der Waals surface area (Å²) in [6.45, 7) is 4.94. The molecule has 3 rings (SSSR count). The lowest BCUT2D eigenvalue weighted by molar-refractivity contribution is 0.0404. The van der Waals surface area contributed by atoms with E-state index in [2.05, 4.69) is 5.32 Å². The van der Waals surface area contributed by atoms with Crippen molar-refractivity contribution in [1.29, 1.82) is 0 Å². The molecular formula is C22H27N3O4S. The Labute approximate surface area is 177 Å². The average molecular weight is 430 g/mol. The monoisotopic (exact) mass is 429 g/mol. The first-order valence-corrected chi connectivity index (χ1v) is 12.0. The minimum Gasteiger partial charge on any atom is -0.306 e. The molecule has 0 bridgehead atoms. The standard InChI is InChI=1S/C22H27N3O4S/c1-4-16-8-6-9-17(5-2)20(16)23-22(27)25-15-7-14-24(25)21(26)18-10-12-19(13-11-18)30(3,28)29/h6,8-13H,4-5,7,14-15H2,1-3H3,(H,23,27). The zero-order chi connectivity index (χ0) is 21.9. The number of benzene rings is 2. The Morgan fingerprint density at radius 2 is 1.50 bits per heavy atom. The highest BCUT2D eigenvalue weighted by molar-refractivity contribution is 7.90. The van der Waals surface area contributed by atoms with Crippen molar-refractivity contribution < 1.29 is 18.0 Å². The summed E-state index contributed by atoms with van der Waals surface area (Å²) in [5.41, 5.74) is 3.25. The van der Waals surface area contributed by atoms with Crippen LogP contribution in [0.2, 0.25) is 0 Å². The first kappa shape index (κ1) is 21.8. The molecule has 1 N–H and O–H groups in total. The zero-order valence-electron chi connectivity index (χ0n) is 17.5. The fourth-order valence-electron chi connectivity index (χ4n) is 3.60. The summed E-state index contributed by atoms with van der Waals surface area (Å²) in [5.74, 6) is -0.331. The predicted octanol–water partition coefficient (Wildman–Crippen LogP) is 3.51. The van der Waals surface area contributed by atoms with Crippen LogP contribution in [-0.4, -0.2) is 49.7 Å². The van der Waals surface area contributed by atoms with E-state index in [1.165, 1.54) is 34.3 Å². The Balaban J connectivity index is 1.80. The Morgan fingerprint density at radius 1 is 0.933 bits per heavy atom. The number of sulfone groups is 1. The molecule has 1 aliphatic heterocycles. The number of para-hydroxylation sites is 1. The molecule has 1 saturated heterocycles. The molecule has 2 aromatic carbocycles. The Bertz CT molecular complexity index is 1030. The molecule has 0 aliphatic carbocycles. The van der Waals surface area contributed by atoms with E-state index in [0.29, 0.717) is 25.1 Å². The summed E-state index contributed by atoms with van der Waals surface area (Å²) >= 11 is 0. The van der Waals surface area contributed by atoms with Gasteiger partial charge in [0.15, 0.2) is 9.84 Å². The van der Waals surface area contributed by atoms with Crippen LogP contribution in [0.15, 0.2) is 47.4 Å². The van der Waals surface area contributed by atoms with Gasteiger partial charge in [-0.2, -0.15) is 0 Å². The van der Waals surface area contributed by atoms with Gasteiger partial charge in [0.2, 0.25) is 0 Å². The average Bonchev–Trinajstić information content (AvgIpc) is 3.22. The summed E-state index contributed by atoms with van der Waals surface area (Å²) < 4.78 is 23.3. The van der Waals surface area contributed by atoms with Crippen molar-refractivity contribution in [2.45, 2.75) is 38.0 Å². The van der Waals surface area contributed by atoms with E-state index in [4.69, 9.17) is 0 Å². The number of hydrogen-bond acceptors (Lipinski definition) is 4. The molecule has 1 aliphatic rings. The molecule has 0 unspecified atom stereocenters. The number of urea groups is 1. The fraction of sp³-hybridized carbons (Fsp3) is 0.364. The zero-order valence-corrected chi connectivity index (χ0v) is 18.3. The summed E-state index contributed by atoms with van der Waals surface area (Å²) in [5, 5.41) is 5.85. The van der Waals surface area contributed by atoms with Crippen LogP contribution >= 0.6 is 0 Å². The molecule has 2 aromatic rings. The number of nitrogens with zero attached hydrogens (tertiary/aromatic N) is 2. The van der Waals surface area contributed by atoms with Gasteiger partial charge in [-0.1, -0.05) is 32.0 Å². The van der Waals surface area contributed by atoms with Gasteiger partial charge in [0, 0.05) is 30.6 Å². The van der Waals surface area contributed by atoms with Crippen LogP contribution in [0.5, 0.6) is 0 Å². The maximum Gasteiger partial charge on any atom is 0.340 e. The lowest BCUT2D eigenvalue weighted by Crippen LogP contribution is -2.46. The Kier molecular flexibility index (Phi) is 6.45. The van der Waals surface area contributed by atoms with Crippen LogP contribution in [-0.2, 0) is 22.7 Å². The highest BCUT2D eigenvalue weighted by Gasteiger charge is 2.32. The maximum absolute atomic E-state index is 13.0. The van der Waals surface area contributed by atoms with Gasteiger partial charge in [-0.3, -0.25) is 4.79 Å². The number of nitrogens with one attached hydrogen (secondary N) is 1. The molecule has 160 valence electrons. The first-order chi connectivity index (χ1) is 14.3. The second kappa shape index (κ2) is 8.87. The van der Waals surface area contributed by atoms with Crippen LogP contribution < -0.4 is 5.32 Å². The SMILES string of the molecule is CCc1cccc(CC)c1NC(=O)N1CCCN1C(=O)c1ccc(S(C)(=O)=O)cc1. The lowest BCUT2D eigenvalue weighted by Gasteiger charge is -2.29. The summed E-state index contributed by atoms with van der Waals surface area (Å²) in [4.78, 5) is 26.2. The van der Waals surface area contributed by atoms with Gasteiger partial charge in [-0.25, -0.2) is 23.2 Å². The third-order valence-corrected chi connectivity index (χ3v) is 6.39. The van der Waals surface area contributed by atoms with Crippen molar-refractivity contribution >= 4 is 27.5 Å². The van der Waals surface area contributed by atoms with E-state index in [0.717, 1.165) is 35.9 Å². The summed E-state index contributed by atoms with van der Waals surface area (Å²) in [7, 11) is -3.34. The smallest absolute Gasteiger partial charge is 0.306 e. The molecule has 0 saturated carbocycles. The minimum absolute atomic E-state index is 0.151. The highest BCUT2D eigenvalue weighted by atomic mass is 32.2. The second-order valence-electron chi connectivity index (χ2n) is 7.29. The van der Waals surface area contributed by atoms with E-state index in [9.17, 15) is 18.0 Å². The van der Waals surface area contributed by atoms with E-state index in [1.807, 2.05) is 32.0 Å². The molecule has 1 heterocycles. The van der Waals surface area contributed by atoms with E-state index < -0.39 is 9.84 Å². The maximum atomic E-state index is 13.0. The van der Waals surface area contributed by atoms with Crippen molar-refractivity contribution in [3.63, 3.8) is 0 Å². The number of aryl methyl sites for hydroxylation is 2. The molecular weight excluding hydrogens is 402 g/mol. The van der Waals surface area contributed by atoms with Crippen molar-refractivity contribution in [3.8, 4) is 0 Å². The van der Waals surface area contributed by atoms with Crippen molar-refractivity contribution in [1.82, 2.24) is 10.0 Å². The molecule has 7 nitrogen and oxygen atoms in total. The fourth-order valence-corrected chi connectivity index (χ4v) is 4.23.